The zero-order chi connectivity index (χ0) is 14.7. The van der Waals surface area contributed by atoms with E-state index in [1.54, 1.807) is 11.3 Å². The number of rotatable bonds is 6. The van der Waals surface area contributed by atoms with Crippen molar-refractivity contribution in [1.82, 2.24) is 4.98 Å². The lowest BCUT2D eigenvalue weighted by Crippen LogP contribution is -2.20. The van der Waals surface area contributed by atoms with Gasteiger partial charge >= 0.3 is 5.97 Å². The molecule has 1 atom stereocenters. The number of ether oxygens (including phenoxy) is 1. The number of anilines is 1. The monoisotopic (exact) mass is 296 g/mol. The summed E-state index contributed by atoms with van der Waals surface area (Å²) >= 11 is 1.73. The van der Waals surface area contributed by atoms with E-state index in [1.807, 2.05) is 6.92 Å². The Morgan fingerprint density at radius 2 is 2.30 bits per heavy atom. The molecule has 112 valence electrons. The minimum atomic E-state index is -0.145. The zero-order valence-corrected chi connectivity index (χ0v) is 13.6. The molecule has 0 amide bonds. The molecule has 1 aliphatic carbocycles. The smallest absolute Gasteiger partial charge is 0.315 e. The van der Waals surface area contributed by atoms with Crippen LogP contribution in [0.1, 0.15) is 50.1 Å². The van der Waals surface area contributed by atoms with E-state index in [0.717, 1.165) is 36.6 Å². The Balaban J connectivity index is 2.06. The maximum absolute atomic E-state index is 11.9. The number of carbonyl (C=O) groups is 1. The van der Waals surface area contributed by atoms with Crippen LogP contribution in [0, 0.1) is 5.92 Å². The maximum Gasteiger partial charge on any atom is 0.315 e. The average molecular weight is 296 g/mol. The molecule has 20 heavy (non-hydrogen) atoms. The summed E-state index contributed by atoms with van der Waals surface area (Å²) < 4.78 is 5.14. The summed E-state index contributed by atoms with van der Waals surface area (Å²) in [6.45, 7) is 7.75. The van der Waals surface area contributed by atoms with Crippen LogP contribution in [0.3, 0.4) is 0 Å². The Morgan fingerprint density at radius 3 is 2.95 bits per heavy atom. The van der Waals surface area contributed by atoms with Crippen molar-refractivity contribution < 1.29 is 9.53 Å². The summed E-state index contributed by atoms with van der Waals surface area (Å²) in [5, 5.41) is 1.03. The van der Waals surface area contributed by atoms with E-state index >= 15 is 0 Å². The van der Waals surface area contributed by atoms with E-state index in [1.165, 1.54) is 4.88 Å². The summed E-state index contributed by atoms with van der Waals surface area (Å²) in [7, 11) is 2.08. The van der Waals surface area contributed by atoms with Crippen LogP contribution in [0.5, 0.6) is 0 Å². The number of aromatic nitrogens is 1. The van der Waals surface area contributed by atoms with Gasteiger partial charge in [-0.1, -0.05) is 13.8 Å². The van der Waals surface area contributed by atoms with Gasteiger partial charge in [-0.2, -0.15) is 0 Å². The van der Waals surface area contributed by atoms with Gasteiger partial charge in [0, 0.05) is 18.5 Å². The van der Waals surface area contributed by atoms with E-state index in [-0.39, 0.29) is 11.9 Å². The molecule has 0 fully saturated rings. The van der Waals surface area contributed by atoms with Crippen LogP contribution in [0.4, 0.5) is 5.13 Å². The first kappa shape index (κ1) is 15.3. The number of esters is 1. The van der Waals surface area contributed by atoms with Gasteiger partial charge in [0.1, 0.15) is 5.92 Å². The fraction of sp³-hybridized carbons (Fsp3) is 0.733. The number of fused-ring (bicyclic) bond motifs is 1. The van der Waals surface area contributed by atoms with Gasteiger partial charge in [-0.05, 0) is 32.1 Å². The number of aryl methyl sites for hydroxylation is 1. The highest BCUT2D eigenvalue weighted by Gasteiger charge is 2.34. The van der Waals surface area contributed by atoms with Crippen molar-refractivity contribution >= 4 is 22.4 Å². The summed E-state index contributed by atoms with van der Waals surface area (Å²) in [6, 6.07) is 0. The lowest BCUT2D eigenvalue weighted by molar-refractivity contribution is -0.145. The molecule has 0 spiro atoms. The van der Waals surface area contributed by atoms with Crippen LogP contribution in [0.2, 0.25) is 0 Å². The minimum absolute atomic E-state index is 0.118. The van der Waals surface area contributed by atoms with Crippen LogP contribution >= 0.6 is 11.3 Å². The van der Waals surface area contributed by atoms with Gasteiger partial charge in [0.15, 0.2) is 5.13 Å². The predicted octanol–water partition coefficient (Wildman–Crippen LogP) is 3.22. The van der Waals surface area contributed by atoms with Crippen molar-refractivity contribution in [2.75, 3.05) is 25.1 Å². The van der Waals surface area contributed by atoms with Crippen molar-refractivity contribution in [3.63, 3.8) is 0 Å². The third-order valence-electron chi connectivity index (χ3n) is 3.65. The average Bonchev–Trinajstić information content (AvgIpc) is 2.95. The molecule has 0 saturated heterocycles. The van der Waals surface area contributed by atoms with Gasteiger partial charge in [0.05, 0.1) is 12.3 Å². The fourth-order valence-corrected chi connectivity index (χ4v) is 3.52. The molecule has 0 radical (unpaired) electrons. The molecule has 0 aromatic carbocycles. The molecule has 1 heterocycles. The van der Waals surface area contributed by atoms with Gasteiger partial charge in [0.25, 0.3) is 0 Å². The molecule has 0 aliphatic heterocycles. The summed E-state index contributed by atoms with van der Waals surface area (Å²) in [4.78, 5) is 20.1. The predicted molar refractivity (Wildman–Crippen MR) is 82.5 cm³/mol. The van der Waals surface area contributed by atoms with Crippen LogP contribution in [0.15, 0.2) is 0 Å². The van der Waals surface area contributed by atoms with Crippen molar-refractivity contribution in [3.05, 3.63) is 10.6 Å². The van der Waals surface area contributed by atoms with Crippen LogP contribution < -0.4 is 4.90 Å². The topological polar surface area (TPSA) is 42.4 Å². The second kappa shape index (κ2) is 6.57. The SMILES string of the molecule is CCOC(=O)C1CCc2sc(N(C)CCC(C)C)nc21. The molecule has 1 aromatic heterocycles. The van der Waals surface area contributed by atoms with Crippen molar-refractivity contribution in [1.29, 1.82) is 0 Å². The second-order valence-electron chi connectivity index (χ2n) is 5.75. The Bertz CT molecular complexity index is 470. The molecule has 4 nitrogen and oxygen atoms in total. The zero-order valence-electron chi connectivity index (χ0n) is 12.8. The lowest BCUT2D eigenvalue weighted by Gasteiger charge is -2.17. The largest absolute Gasteiger partial charge is 0.465 e. The Labute approximate surface area is 125 Å². The van der Waals surface area contributed by atoms with E-state index in [2.05, 4.69) is 25.8 Å². The number of hydrogen-bond donors (Lipinski definition) is 0. The minimum Gasteiger partial charge on any atom is -0.465 e. The standard InChI is InChI=1S/C15H24N2O2S/c1-5-19-14(18)11-6-7-12-13(11)16-15(20-12)17(4)9-8-10(2)3/h10-11H,5-9H2,1-4H3. The second-order valence-corrected chi connectivity index (χ2v) is 6.81. The van der Waals surface area contributed by atoms with Gasteiger partial charge < -0.3 is 9.64 Å². The highest BCUT2D eigenvalue weighted by atomic mass is 32.1. The molecule has 0 N–H and O–H groups in total. The Hall–Kier alpha value is -1.10. The Morgan fingerprint density at radius 1 is 1.55 bits per heavy atom. The molecule has 2 rings (SSSR count). The molecule has 0 bridgehead atoms. The molecule has 1 unspecified atom stereocenters. The van der Waals surface area contributed by atoms with E-state index in [0.29, 0.717) is 12.5 Å². The number of nitrogens with zero attached hydrogens (tertiary/aromatic N) is 2. The molecule has 1 aromatic rings. The number of carbonyl (C=O) groups excluding carboxylic acids is 1. The summed E-state index contributed by atoms with van der Waals surface area (Å²) in [5.74, 6) is 0.429. The number of thiazole rings is 1. The van der Waals surface area contributed by atoms with Crippen molar-refractivity contribution in [2.45, 2.75) is 46.0 Å². The third-order valence-corrected chi connectivity index (χ3v) is 4.89. The highest BCUT2D eigenvalue weighted by molar-refractivity contribution is 7.15. The van der Waals surface area contributed by atoms with Gasteiger partial charge in [-0.3, -0.25) is 4.79 Å². The third kappa shape index (κ3) is 3.32. The van der Waals surface area contributed by atoms with E-state index < -0.39 is 0 Å². The normalized spacial score (nSPS) is 17.4. The Kier molecular flexibility index (Phi) is 5.02. The number of hydrogen-bond acceptors (Lipinski definition) is 5. The first-order chi connectivity index (χ1) is 9.52. The quantitative estimate of drug-likeness (QED) is 0.756. The van der Waals surface area contributed by atoms with Gasteiger partial charge in [-0.15, -0.1) is 11.3 Å². The van der Waals surface area contributed by atoms with Crippen LogP contribution in [0.25, 0.3) is 0 Å². The van der Waals surface area contributed by atoms with Crippen molar-refractivity contribution in [2.24, 2.45) is 5.92 Å². The molecule has 1 aliphatic rings. The van der Waals surface area contributed by atoms with Gasteiger partial charge in [0.2, 0.25) is 0 Å². The van der Waals surface area contributed by atoms with Crippen LogP contribution in [-0.2, 0) is 16.0 Å². The summed E-state index contributed by atoms with van der Waals surface area (Å²) in [5.41, 5.74) is 0.958. The maximum atomic E-state index is 11.9. The van der Waals surface area contributed by atoms with Crippen molar-refractivity contribution in [3.8, 4) is 0 Å². The molecular weight excluding hydrogens is 272 g/mol. The van der Waals surface area contributed by atoms with Crippen LogP contribution in [-0.4, -0.2) is 31.2 Å². The highest BCUT2D eigenvalue weighted by Crippen LogP contribution is 2.39. The molecular formula is C15H24N2O2S. The molecule has 0 saturated carbocycles. The molecule has 5 heteroatoms. The van der Waals surface area contributed by atoms with E-state index in [9.17, 15) is 4.79 Å². The van der Waals surface area contributed by atoms with Gasteiger partial charge in [-0.25, -0.2) is 4.98 Å². The first-order valence-electron chi connectivity index (χ1n) is 7.40. The summed E-state index contributed by atoms with van der Waals surface area (Å²) in [6.07, 6.45) is 2.96. The lowest BCUT2D eigenvalue weighted by atomic mass is 10.1. The fourth-order valence-electron chi connectivity index (χ4n) is 2.40. The first-order valence-corrected chi connectivity index (χ1v) is 8.22. The van der Waals surface area contributed by atoms with E-state index in [4.69, 9.17) is 9.72 Å².